The van der Waals surface area contributed by atoms with Crippen LogP contribution in [0.1, 0.15) is 24.5 Å². The summed E-state index contributed by atoms with van der Waals surface area (Å²) in [6, 6.07) is 4.49. The number of hydrogen-bond acceptors (Lipinski definition) is 3. The second-order valence-corrected chi connectivity index (χ2v) is 5.09. The first-order valence-electron chi connectivity index (χ1n) is 6.92. The zero-order valence-electron chi connectivity index (χ0n) is 12.0. The first-order chi connectivity index (χ1) is 9.15. The van der Waals surface area contributed by atoms with Gasteiger partial charge in [0.05, 0.1) is 24.0 Å². The molecule has 0 amide bonds. The van der Waals surface area contributed by atoms with Gasteiger partial charge in [0.15, 0.2) is 0 Å². The molecule has 2 aromatic rings. The summed E-state index contributed by atoms with van der Waals surface area (Å²) >= 11 is 0. The first kappa shape index (κ1) is 14.0. The molecule has 4 nitrogen and oxygen atoms in total. The molecule has 0 aliphatic heterocycles. The maximum absolute atomic E-state index is 9.29. The number of nitrogens with one attached hydrogen (secondary N) is 1. The van der Waals surface area contributed by atoms with Gasteiger partial charge in [-0.1, -0.05) is 6.92 Å². The van der Waals surface area contributed by atoms with E-state index in [2.05, 4.69) is 47.8 Å². The van der Waals surface area contributed by atoms with Crippen molar-refractivity contribution in [3.63, 3.8) is 0 Å². The number of imidazole rings is 1. The van der Waals surface area contributed by atoms with Gasteiger partial charge in [0.2, 0.25) is 0 Å². The highest BCUT2D eigenvalue weighted by atomic mass is 16.3. The number of likely N-dealkylation sites (N-methyl/N-ethyl adjacent to an activating group) is 1. The lowest BCUT2D eigenvalue weighted by Gasteiger charge is -2.15. The molecule has 0 spiro atoms. The smallest absolute Gasteiger partial charge is 0.0958 e. The zero-order valence-corrected chi connectivity index (χ0v) is 12.0. The summed E-state index contributed by atoms with van der Waals surface area (Å²) in [4.78, 5) is 4.45. The quantitative estimate of drug-likeness (QED) is 0.836. The van der Waals surface area contributed by atoms with E-state index in [1.165, 1.54) is 16.6 Å². The fraction of sp³-hybridized carbons (Fsp3) is 0.533. The Morgan fingerprint density at radius 1 is 1.32 bits per heavy atom. The van der Waals surface area contributed by atoms with Crippen LogP contribution in [0.2, 0.25) is 0 Å². The number of benzene rings is 1. The summed E-state index contributed by atoms with van der Waals surface area (Å²) in [6.07, 6.45) is 2.80. The lowest BCUT2D eigenvalue weighted by molar-refractivity contribution is 0.233. The summed E-state index contributed by atoms with van der Waals surface area (Å²) in [5.41, 5.74) is 4.79. The van der Waals surface area contributed by atoms with Crippen molar-refractivity contribution in [2.75, 3.05) is 13.2 Å². The van der Waals surface area contributed by atoms with Crippen molar-refractivity contribution in [3.05, 3.63) is 29.6 Å². The van der Waals surface area contributed by atoms with Crippen LogP contribution in [0.5, 0.6) is 0 Å². The molecular weight excluding hydrogens is 238 g/mol. The van der Waals surface area contributed by atoms with E-state index < -0.39 is 0 Å². The van der Waals surface area contributed by atoms with E-state index in [0.717, 1.165) is 25.0 Å². The van der Waals surface area contributed by atoms with Crippen LogP contribution < -0.4 is 5.32 Å². The van der Waals surface area contributed by atoms with Crippen LogP contribution in [0.15, 0.2) is 18.5 Å². The van der Waals surface area contributed by atoms with E-state index in [-0.39, 0.29) is 12.6 Å². The Morgan fingerprint density at radius 2 is 2.05 bits per heavy atom. The molecule has 0 bridgehead atoms. The molecule has 0 saturated heterocycles. The zero-order chi connectivity index (χ0) is 13.8. The van der Waals surface area contributed by atoms with Crippen molar-refractivity contribution in [2.45, 2.75) is 39.8 Å². The first-order valence-corrected chi connectivity index (χ1v) is 6.92. The largest absolute Gasteiger partial charge is 0.395 e. The fourth-order valence-electron chi connectivity index (χ4n) is 2.33. The molecule has 1 unspecified atom stereocenters. The van der Waals surface area contributed by atoms with Gasteiger partial charge in [0.25, 0.3) is 0 Å². The van der Waals surface area contributed by atoms with Crippen molar-refractivity contribution in [2.24, 2.45) is 0 Å². The Hall–Kier alpha value is -1.39. The molecule has 1 heterocycles. The Bertz CT molecular complexity index is 548. The van der Waals surface area contributed by atoms with Crippen LogP contribution in [0.3, 0.4) is 0 Å². The van der Waals surface area contributed by atoms with Gasteiger partial charge in [-0.25, -0.2) is 4.98 Å². The number of fused-ring (bicyclic) bond motifs is 1. The highest BCUT2D eigenvalue weighted by Gasteiger charge is 2.08. The number of nitrogens with zero attached hydrogens (tertiary/aromatic N) is 2. The molecule has 0 aliphatic rings. The minimum Gasteiger partial charge on any atom is -0.395 e. The SMILES string of the molecule is CCNC(CO)CCn1cnc2cc(C)c(C)cc21. The minimum atomic E-state index is 0.161. The molecule has 4 heteroatoms. The summed E-state index contributed by atoms with van der Waals surface area (Å²) in [7, 11) is 0. The highest BCUT2D eigenvalue weighted by molar-refractivity contribution is 5.77. The minimum absolute atomic E-state index is 0.161. The highest BCUT2D eigenvalue weighted by Crippen LogP contribution is 2.18. The van der Waals surface area contributed by atoms with Crippen LogP contribution in [-0.2, 0) is 6.54 Å². The predicted molar refractivity (Wildman–Crippen MR) is 78.4 cm³/mol. The van der Waals surface area contributed by atoms with Gasteiger partial charge in [0, 0.05) is 12.6 Å². The summed E-state index contributed by atoms with van der Waals surface area (Å²) in [5, 5.41) is 12.6. The maximum atomic E-state index is 9.29. The van der Waals surface area contributed by atoms with E-state index >= 15 is 0 Å². The van der Waals surface area contributed by atoms with Crippen molar-refractivity contribution in [1.82, 2.24) is 14.9 Å². The Kier molecular flexibility index (Phi) is 4.56. The van der Waals surface area contributed by atoms with Crippen LogP contribution in [0, 0.1) is 13.8 Å². The second kappa shape index (κ2) is 6.17. The molecule has 19 heavy (non-hydrogen) atoms. The van der Waals surface area contributed by atoms with Gasteiger partial charge in [-0.2, -0.15) is 0 Å². The molecular formula is C15H23N3O. The number of aryl methyl sites for hydroxylation is 3. The number of hydrogen-bond donors (Lipinski definition) is 2. The monoisotopic (exact) mass is 261 g/mol. The third-order valence-electron chi connectivity index (χ3n) is 3.67. The van der Waals surface area contributed by atoms with Gasteiger partial charge in [0.1, 0.15) is 0 Å². The van der Waals surface area contributed by atoms with Gasteiger partial charge in [-0.05, 0) is 50.1 Å². The summed E-state index contributed by atoms with van der Waals surface area (Å²) in [5.74, 6) is 0. The van der Waals surface area contributed by atoms with Crippen molar-refractivity contribution in [1.29, 1.82) is 0 Å². The van der Waals surface area contributed by atoms with E-state index in [4.69, 9.17) is 0 Å². The van der Waals surface area contributed by atoms with Crippen molar-refractivity contribution in [3.8, 4) is 0 Å². The Morgan fingerprint density at radius 3 is 2.74 bits per heavy atom. The molecule has 1 aromatic heterocycles. The molecule has 1 atom stereocenters. The van der Waals surface area contributed by atoms with Crippen LogP contribution in [-0.4, -0.2) is 33.9 Å². The van der Waals surface area contributed by atoms with Crippen molar-refractivity contribution >= 4 is 11.0 Å². The van der Waals surface area contributed by atoms with Crippen molar-refractivity contribution < 1.29 is 5.11 Å². The number of aliphatic hydroxyl groups excluding tert-OH is 1. The molecule has 2 N–H and O–H groups in total. The molecule has 0 radical (unpaired) electrons. The fourth-order valence-corrected chi connectivity index (χ4v) is 2.33. The number of rotatable bonds is 6. The van der Waals surface area contributed by atoms with Crippen LogP contribution in [0.4, 0.5) is 0 Å². The Balaban J connectivity index is 2.15. The molecule has 2 rings (SSSR count). The third-order valence-corrected chi connectivity index (χ3v) is 3.67. The molecule has 0 aliphatic carbocycles. The van der Waals surface area contributed by atoms with Gasteiger partial charge in [-0.3, -0.25) is 0 Å². The Labute approximate surface area is 114 Å². The molecule has 104 valence electrons. The lowest BCUT2D eigenvalue weighted by atomic mass is 10.1. The van der Waals surface area contributed by atoms with Gasteiger partial charge < -0.3 is 15.0 Å². The van der Waals surface area contributed by atoms with E-state index in [9.17, 15) is 5.11 Å². The van der Waals surface area contributed by atoms with E-state index in [1.54, 1.807) is 0 Å². The average molecular weight is 261 g/mol. The lowest BCUT2D eigenvalue weighted by Crippen LogP contribution is -2.33. The summed E-state index contributed by atoms with van der Waals surface area (Å²) < 4.78 is 2.17. The predicted octanol–water partition coefficient (Wildman–Crippen LogP) is 2.01. The van der Waals surface area contributed by atoms with E-state index in [0.29, 0.717) is 0 Å². The standard InChI is InChI=1S/C15H23N3O/c1-4-16-13(9-19)5-6-18-10-17-14-7-11(2)12(3)8-15(14)18/h7-8,10,13,16,19H,4-6,9H2,1-3H3. The molecule has 0 saturated carbocycles. The van der Waals surface area contributed by atoms with Gasteiger partial charge >= 0.3 is 0 Å². The van der Waals surface area contributed by atoms with Gasteiger partial charge in [-0.15, -0.1) is 0 Å². The molecule has 1 aromatic carbocycles. The number of aromatic nitrogens is 2. The average Bonchev–Trinajstić information content (AvgIpc) is 2.77. The number of aliphatic hydroxyl groups is 1. The van der Waals surface area contributed by atoms with Crippen LogP contribution >= 0.6 is 0 Å². The van der Waals surface area contributed by atoms with Crippen LogP contribution in [0.25, 0.3) is 11.0 Å². The normalized spacial score (nSPS) is 13.1. The third kappa shape index (κ3) is 3.14. The summed E-state index contributed by atoms with van der Waals surface area (Å²) in [6.45, 7) is 8.23. The van der Waals surface area contributed by atoms with E-state index in [1.807, 2.05) is 6.33 Å². The maximum Gasteiger partial charge on any atom is 0.0958 e. The molecule has 0 fully saturated rings. The second-order valence-electron chi connectivity index (χ2n) is 5.09. The topological polar surface area (TPSA) is 50.1 Å².